The zero-order valence-corrected chi connectivity index (χ0v) is 12.9. The molecule has 1 aromatic carbocycles. The molecule has 0 saturated carbocycles. The number of hydrogen-bond acceptors (Lipinski definition) is 3. The van der Waals surface area contributed by atoms with Gasteiger partial charge in [-0.15, -0.1) is 11.8 Å². The van der Waals surface area contributed by atoms with Crippen LogP contribution in [0.25, 0.3) is 0 Å². The summed E-state index contributed by atoms with van der Waals surface area (Å²) < 4.78 is 13.9. The number of hydrogen-bond donors (Lipinski definition) is 2. The standard InChI is InChI=1S/C15H24FNOS/c1-10(2)8-17-9-13-14(16)6-5-7-15(13)19-12(4)11(3)18/h5-7,10-12,17-18H,8-9H2,1-4H3. The third kappa shape index (κ3) is 5.51. The van der Waals surface area contributed by atoms with Crippen molar-refractivity contribution in [2.24, 2.45) is 5.92 Å². The van der Waals surface area contributed by atoms with E-state index in [1.807, 2.05) is 13.0 Å². The van der Waals surface area contributed by atoms with Gasteiger partial charge < -0.3 is 10.4 Å². The summed E-state index contributed by atoms with van der Waals surface area (Å²) in [6.45, 7) is 9.35. The molecule has 19 heavy (non-hydrogen) atoms. The Morgan fingerprint density at radius 3 is 2.53 bits per heavy atom. The van der Waals surface area contributed by atoms with Crippen molar-refractivity contribution in [1.82, 2.24) is 5.32 Å². The lowest BCUT2D eigenvalue weighted by molar-refractivity contribution is 0.196. The molecular formula is C15H24FNOS. The van der Waals surface area contributed by atoms with Crippen molar-refractivity contribution in [2.45, 2.75) is 50.5 Å². The molecule has 1 aromatic rings. The van der Waals surface area contributed by atoms with Crippen LogP contribution in [0.3, 0.4) is 0 Å². The van der Waals surface area contributed by atoms with Gasteiger partial charge in [0, 0.05) is 22.3 Å². The molecule has 2 N–H and O–H groups in total. The summed E-state index contributed by atoms with van der Waals surface area (Å²) in [7, 11) is 0. The molecule has 0 heterocycles. The highest BCUT2D eigenvalue weighted by molar-refractivity contribution is 8.00. The van der Waals surface area contributed by atoms with E-state index in [0.29, 0.717) is 18.0 Å². The maximum absolute atomic E-state index is 13.9. The molecule has 1 rings (SSSR count). The number of rotatable bonds is 7. The van der Waals surface area contributed by atoms with Gasteiger partial charge in [0.2, 0.25) is 0 Å². The lowest BCUT2D eigenvalue weighted by atomic mass is 10.2. The Bertz CT molecular complexity index is 396. The minimum Gasteiger partial charge on any atom is -0.392 e. The number of thioether (sulfide) groups is 1. The summed E-state index contributed by atoms with van der Waals surface area (Å²) in [6.07, 6.45) is -0.412. The molecule has 2 unspecified atom stereocenters. The van der Waals surface area contributed by atoms with Crippen LogP contribution in [0.5, 0.6) is 0 Å². The molecule has 0 amide bonds. The molecule has 0 aliphatic carbocycles. The first-order chi connectivity index (χ1) is 8.91. The first kappa shape index (κ1) is 16.5. The van der Waals surface area contributed by atoms with E-state index in [2.05, 4.69) is 19.2 Å². The van der Waals surface area contributed by atoms with E-state index in [-0.39, 0.29) is 11.1 Å². The van der Waals surface area contributed by atoms with Crippen LogP contribution in [-0.4, -0.2) is 23.0 Å². The van der Waals surface area contributed by atoms with E-state index in [0.717, 1.165) is 11.4 Å². The van der Waals surface area contributed by atoms with E-state index in [1.165, 1.54) is 17.8 Å². The number of aliphatic hydroxyl groups excluding tert-OH is 1. The summed E-state index contributed by atoms with van der Waals surface area (Å²) in [5.41, 5.74) is 0.695. The van der Waals surface area contributed by atoms with Gasteiger partial charge in [0.15, 0.2) is 0 Å². The molecule has 0 spiro atoms. The largest absolute Gasteiger partial charge is 0.392 e. The average molecular weight is 285 g/mol. The SMILES string of the molecule is CC(C)CNCc1c(F)cccc1SC(C)C(C)O. The van der Waals surface area contributed by atoms with Crippen LogP contribution in [0.4, 0.5) is 4.39 Å². The zero-order chi connectivity index (χ0) is 14.4. The molecule has 2 nitrogen and oxygen atoms in total. The van der Waals surface area contributed by atoms with Gasteiger partial charge >= 0.3 is 0 Å². The molecule has 0 aliphatic rings. The van der Waals surface area contributed by atoms with E-state index in [9.17, 15) is 9.50 Å². The fraction of sp³-hybridized carbons (Fsp3) is 0.600. The third-order valence-corrected chi connectivity index (χ3v) is 4.32. The number of aliphatic hydroxyl groups is 1. The van der Waals surface area contributed by atoms with Gasteiger partial charge in [-0.2, -0.15) is 0 Å². The van der Waals surface area contributed by atoms with E-state index < -0.39 is 6.10 Å². The lowest BCUT2D eigenvalue weighted by Crippen LogP contribution is -2.21. The predicted molar refractivity (Wildman–Crippen MR) is 79.9 cm³/mol. The Balaban J connectivity index is 2.77. The fourth-order valence-electron chi connectivity index (χ4n) is 1.61. The van der Waals surface area contributed by atoms with Crippen molar-refractivity contribution >= 4 is 11.8 Å². The molecule has 0 radical (unpaired) electrons. The van der Waals surface area contributed by atoms with Crippen LogP contribution in [-0.2, 0) is 6.54 Å². The van der Waals surface area contributed by atoms with Gasteiger partial charge in [0.25, 0.3) is 0 Å². The predicted octanol–water partition coefficient (Wildman–Crippen LogP) is 3.43. The van der Waals surface area contributed by atoms with Crippen LogP contribution >= 0.6 is 11.8 Å². The Morgan fingerprint density at radius 1 is 1.26 bits per heavy atom. The van der Waals surface area contributed by atoms with E-state index in [4.69, 9.17) is 0 Å². The van der Waals surface area contributed by atoms with Gasteiger partial charge in [-0.05, 0) is 31.5 Å². The zero-order valence-electron chi connectivity index (χ0n) is 12.1. The molecule has 2 atom stereocenters. The molecule has 4 heteroatoms. The first-order valence-corrected chi connectivity index (χ1v) is 7.62. The Morgan fingerprint density at radius 2 is 1.95 bits per heavy atom. The Kier molecular flexibility index (Phi) is 6.83. The first-order valence-electron chi connectivity index (χ1n) is 6.74. The second-order valence-electron chi connectivity index (χ2n) is 5.30. The molecule has 0 bridgehead atoms. The molecule has 0 aliphatic heterocycles. The summed E-state index contributed by atoms with van der Waals surface area (Å²) in [5, 5.41) is 12.9. The van der Waals surface area contributed by atoms with Crippen LogP contribution in [0.15, 0.2) is 23.1 Å². The quantitative estimate of drug-likeness (QED) is 0.753. The average Bonchev–Trinajstić information content (AvgIpc) is 2.32. The monoisotopic (exact) mass is 285 g/mol. The molecule has 0 aromatic heterocycles. The van der Waals surface area contributed by atoms with Gasteiger partial charge in [-0.1, -0.05) is 26.8 Å². The van der Waals surface area contributed by atoms with Crippen molar-refractivity contribution < 1.29 is 9.50 Å². The van der Waals surface area contributed by atoms with Crippen molar-refractivity contribution in [3.63, 3.8) is 0 Å². The highest BCUT2D eigenvalue weighted by Gasteiger charge is 2.15. The maximum atomic E-state index is 13.9. The molecule has 0 saturated heterocycles. The van der Waals surface area contributed by atoms with Gasteiger partial charge in [-0.25, -0.2) is 4.39 Å². The van der Waals surface area contributed by atoms with E-state index in [1.54, 1.807) is 13.0 Å². The van der Waals surface area contributed by atoms with Crippen LogP contribution < -0.4 is 5.32 Å². The second-order valence-corrected chi connectivity index (χ2v) is 6.72. The Labute approximate surface area is 119 Å². The minimum absolute atomic E-state index is 0.0469. The number of nitrogens with one attached hydrogen (secondary N) is 1. The molecular weight excluding hydrogens is 261 g/mol. The van der Waals surface area contributed by atoms with Crippen molar-refractivity contribution in [3.05, 3.63) is 29.6 Å². The lowest BCUT2D eigenvalue weighted by Gasteiger charge is -2.17. The second kappa shape index (κ2) is 7.88. The number of halogens is 1. The van der Waals surface area contributed by atoms with Gasteiger partial charge in [0.1, 0.15) is 5.82 Å². The summed E-state index contributed by atoms with van der Waals surface area (Å²) in [6, 6.07) is 5.13. The van der Waals surface area contributed by atoms with Crippen LogP contribution in [0, 0.1) is 11.7 Å². The summed E-state index contributed by atoms with van der Waals surface area (Å²) >= 11 is 1.52. The summed E-state index contributed by atoms with van der Waals surface area (Å²) in [5.74, 6) is 0.360. The van der Waals surface area contributed by atoms with Crippen LogP contribution in [0.1, 0.15) is 33.3 Å². The molecule has 108 valence electrons. The Hall–Kier alpha value is -0.580. The highest BCUT2D eigenvalue weighted by atomic mass is 32.2. The van der Waals surface area contributed by atoms with Crippen molar-refractivity contribution in [3.8, 4) is 0 Å². The normalized spacial score (nSPS) is 14.7. The smallest absolute Gasteiger partial charge is 0.128 e. The summed E-state index contributed by atoms with van der Waals surface area (Å²) in [4.78, 5) is 0.907. The van der Waals surface area contributed by atoms with Crippen LogP contribution in [0.2, 0.25) is 0 Å². The van der Waals surface area contributed by atoms with E-state index >= 15 is 0 Å². The highest BCUT2D eigenvalue weighted by Crippen LogP contribution is 2.29. The fourth-order valence-corrected chi connectivity index (χ4v) is 2.67. The third-order valence-electron chi connectivity index (χ3n) is 2.92. The van der Waals surface area contributed by atoms with Crippen molar-refractivity contribution in [2.75, 3.05) is 6.54 Å². The minimum atomic E-state index is -0.412. The van der Waals surface area contributed by atoms with Crippen molar-refractivity contribution in [1.29, 1.82) is 0 Å². The van der Waals surface area contributed by atoms with Gasteiger partial charge in [-0.3, -0.25) is 0 Å². The topological polar surface area (TPSA) is 32.3 Å². The molecule has 0 fully saturated rings. The van der Waals surface area contributed by atoms with Gasteiger partial charge in [0.05, 0.1) is 6.10 Å². The number of benzene rings is 1. The maximum Gasteiger partial charge on any atom is 0.128 e.